The van der Waals surface area contributed by atoms with Crippen molar-refractivity contribution in [3.05, 3.63) is 40.3 Å². The summed E-state index contributed by atoms with van der Waals surface area (Å²) >= 11 is 1.47. The van der Waals surface area contributed by atoms with Crippen LogP contribution in [0.3, 0.4) is 0 Å². The molecule has 0 bridgehead atoms. The molecule has 1 saturated heterocycles. The van der Waals surface area contributed by atoms with E-state index in [0.717, 1.165) is 49.2 Å². The third-order valence-corrected chi connectivity index (χ3v) is 7.43. The molecule has 11 heteroatoms. The van der Waals surface area contributed by atoms with Crippen LogP contribution in [0.2, 0.25) is 0 Å². The molecule has 4 heterocycles. The summed E-state index contributed by atoms with van der Waals surface area (Å²) in [7, 11) is 0. The predicted octanol–water partition coefficient (Wildman–Crippen LogP) is 3.11. The Bertz CT molecular complexity index is 1130. The van der Waals surface area contributed by atoms with Gasteiger partial charge >= 0.3 is 0 Å². The number of nitrogens with one attached hydrogen (secondary N) is 1. The van der Waals surface area contributed by atoms with Crippen molar-refractivity contribution in [2.45, 2.75) is 70.2 Å². The number of nitrogens with zero attached hydrogens (tertiary/aromatic N) is 5. The fourth-order valence-electron chi connectivity index (χ4n) is 4.76. The lowest BCUT2D eigenvalue weighted by atomic mass is 10.1. The lowest BCUT2D eigenvalue weighted by Gasteiger charge is -2.32. The van der Waals surface area contributed by atoms with Gasteiger partial charge in [0.1, 0.15) is 18.3 Å². The standard InChI is InChI=1S/C24H30N6O4S/c1-16-10-11-19(34-16)23-26-28-30(27-23)15-21(31)29(14-18-8-4-12-33-18)22(20-9-5-13-35-20)24(32)25-17-6-2-3-7-17/h5,9-11,13,17-18,22H,2-4,6-8,12,14-15H2,1H3,(H,25,32)/t18-,22+/m1/s1. The van der Waals surface area contributed by atoms with Crippen LogP contribution in [-0.4, -0.2) is 62.2 Å². The summed E-state index contributed by atoms with van der Waals surface area (Å²) in [4.78, 5) is 30.9. The Kier molecular flexibility index (Phi) is 7.24. The molecule has 0 radical (unpaired) electrons. The van der Waals surface area contributed by atoms with Gasteiger partial charge in [-0.2, -0.15) is 4.80 Å². The summed E-state index contributed by atoms with van der Waals surface area (Å²) in [5.41, 5.74) is 0. The molecule has 10 nitrogen and oxygen atoms in total. The number of amides is 2. The van der Waals surface area contributed by atoms with Crippen molar-refractivity contribution in [2.75, 3.05) is 13.2 Å². The number of carbonyl (C=O) groups excluding carboxylic acids is 2. The zero-order chi connectivity index (χ0) is 24.2. The molecule has 0 unspecified atom stereocenters. The van der Waals surface area contributed by atoms with Gasteiger partial charge in [0.05, 0.1) is 6.10 Å². The van der Waals surface area contributed by atoms with Gasteiger partial charge in [-0.1, -0.05) is 18.9 Å². The molecule has 1 aliphatic carbocycles. The van der Waals surface area contributed by atoms with E-state index >= 15 is 0 Å². The Balaban J connectivity index is 1.39. The van der Waals surface area contributed by atoms with Gasteiger partial charge in [-0.25, -0.2) is 0 Å². The molecule has 0 aromatic carbocycles. The van der Waals surface area contributed by atoms with Gasteiger partial charge in [-0.15, -0.1) is 21.5 Å². The van der Waals surface area contributed by atoms with E-state index in [2.05, 4.69) is 20.7 Å². The number of aryl methyl sites for hydroxylation is 1. The van der Waals surface area contributed by atoms with E-state index in [9.17, 15) is 9.59 Å². The molecule has 2 amide bonds. The average molecular weight is 499 g/mol. The molecule has 1 aliphatic heterocycles. The van der Waals surface area contributed by atoms with Crippen molar-refractivity contribution < 1.29 is 18.7 Å². The second-order valence-electron chi connectivity index (χ2n) is 9.14. The van der Waals surface area contributed by atoms with Crippen LogP contribution in [-0.2, 0) is 20.9 Å². The third-order valence-electron chi connectivity index (χ3n) is 6.51. The lowest BCUT2D eigenvalue weighted by Crippen LogP contribution is -2.49. The highest BCUT2D eigenvalue weighted by atomic mass is 32.1. The number of thiophene rings is 1. The molecule has 0 spiro atoms. The minimum Gasteiger partial charge on any atom is -0.458 e. The second-order valence-corrected chi connectivity index (χ2v) is 10.1. The Hall–Kier alpha value is -3.05. The van der Waals surface area contributed by atoms with Crippen molar-refractivity contribution in [1.29, 1.82) is 0 Å². The van der Waals surface area contributed by atoms with E-state index in [1.807, 2.05) is 30.5 Å². The minimum absolute atomic E-state index is 0.106. The molecule has 2 aliphatic rings. The van der Waals surface area contributed by atoms with Gasteiger partial charge in [-0.05, 0) is 61.4 Å². The number of tetrazole rings is 1. The summed E-state index contributed by atoms with van der Waals surface area (Å²) in [6.45, 7) is 2.69. The van der Waals surface area contributed by atoms with Gasteiger partial charge in [0, 0.05) is 24.1 Å². The van der Waals surface area contributed by atoms with Crippen LogP contribution in [0.25, 0.3) is 11.6 Å². The number of carbonyl (C=O) groups is 2. The topological polar surface area (TPSA) is 115 Å². The van der Waals surface area contributed by atoms with Crippen molar-refractivity contribution in [3.8, 4) is 11.6 Å². The Morgan fingerprint density at radius 2 is 2.09 bits per heavy atom. The van der Waals surface area contributed by atoms with Gasteiger partial charge in [0.2, 0.25) is 17.6 Å². The highest BCUT2D eigenvalue weighted by Crippen LogP contribution is 2.29. The monoisotopic (exact) mass is 498 g/mol. The first-order valence-electron chi connectivity index (χ1n) is 12.2. The number of rotatable bonds is 9. The van der Waals surface area contributed by atoms with Crippen LogP contribution in [0.4, 0.5) is 0 Å². The van der Waals surface area contributed by atoms with Crippen LogP contribution < -0.4 is 5.32 Å². The maximum Gasteiger partial charge on any atom is 0.248 e. The molecule has 1 saturated carbocycles. The normalized spacial score (nSPS) is 19.2. The van der Waals surface area contributed by atoms with Crippen LogP contribution >= 0.6 is 11.3 Å². The molecule has 35 heavy (non-hydrogen) atoms. The van der Waals surface area contributed by atoms with Crippen molar-refractivity contribution in [3.63, 3.8) is 0 Å². The molecular weight excluding hydrogens is 468 g/mol. The zero-order valence-corrected chi connectivity index (χ0v) is 20.6. The van der Waals surface area contributed by atoms with Crippen molar-refractivity contribution in [2.24, 2.45) is 0 Å². The SMILES string of the molecule is Cc1ccc(-c2nnn(CC(=O)N(C[C@H]3CCCO3)[C@H](C(=O)NC3CCCC3)c3cccs3)n2)o1. The Morgan fingerprint density at radius 1 is 1.23 bits per heavy atom. The van der Waals surface area contributed by atoms with E-state index in [0.29, 0.717) is 24.7 Å². The average Bonchev–Trinajstić information content (AvgIpc) is 3.65. The van der Waals surface area contributed by atoms with Gasteiger partial charge < -0.3 is 19.4 Å². The smallest absolute Gasteiger partial charge is 0.248 e. The maximum absolute atomic E-state index is 13.7. The van der Waals surface area contributed by atoms with Crippen molar-refractivity contribution in [1.82, 2.24) is 30.4 Å². The van der Waals surface area contributed by atoms with E-state index < -0.39 is 6.04 Å². The lowest BCUT2D eigenvalue weighted by molar-refractivity contribution is -0.143. The van der Waals surface area contributed by atoms with Crippen LogP contribution in [0.1, 0.15) is 55.2 Å². The first-order valence-corrected chi connectivity index (χ1v) is 13.0. The van der Waals surface area contributed by atoms with Crippen LogP contribution in [0.5, 0.6) is 0 Å². The molecule has 3 aromatic heterocycles. The largest absolute Gasteiger partial charge is 0.458 e. The molecule has 5 rings (SSSR count). The number of ether oxygens (including phenoxy) is 1. The number of hydrogen-bond acceptors (Lipinski definition) is 8. The molecule has 1 N–H and O–H groups in total. The number of aromatic nitrogens is 4. The van der Waals surface area contributed by atoms with E-state index in [1.54, 1.807) is 11.0 Å². The van der Waals surface area contributed by atoms with Crippen molar-refractivity contribution >= 4 is 23.2 Å². The van der Waals surface area contributed by atoms with Gasteiger partial charge in [0.15, 0.2) is 5.76 Å². The fourth-order valence-corrected chi connectivity index (χ4v) is 5.59. The minimum atomic E-state index is -0.733. The molecule has 2 atom stereocenters. The van der Waals surface area contributed by atoms with Crippen LogP contribution in [0, 0.1) is 6.92 Å². The first kappa shape index (κ1) is 23.7. The molecule has 186 valence electrons. The van der Waals surface area contributed by atoms with Crippen LogP contribution in [0.15, 0.2) is 34.1 Å². The highest BCUT2D eigenvalue weighted by Gasteiger charge is 2.36. The summed E-state index contributed by atoms with van der Waals surface area (Å²) in [6.07, 6.45) is 5.87. The first-order chi connectivity index (χ1) is 17.1. The quantitative estimate of drug-likeness (QED) is 0.482. The molecule has 3 aromatic rings. The number of hydrogen-bond donors (Lipinski definition) is 1. The second kappa shape index (κ2) is 10.7. The Labute approximate surface area is 207 Å². The fraction of sp³-hybridized carbons (Fsp3) is 0.542. The summed E-state index contributed by atoms with van der Waals surface area (Å²) < 4.78 is 11.4. The van der Waals surface area contributed by atoms with Gasteiger partial charge in [-0.3, -0.25) is 9.59 Å². The predicted molar refractivity (Wildman–Crippen MR) is 128 cm³/mol. The number of furan rings is 1. The van der Waals surface area contributed by atoms with E-state index in [4.69, 9.17) is 9.15 Å². The summed E-state index contributed by atoms with van der Waals surface area (Å²) in [5, 5.41) is 17.5. The zero-order valence-electron chi connectivity index (χ0n) is 19.8. The summed E-state index contributed by atoms with van der Waals surface area (Å²) in [5.74, 6) is 1.13. The summed E-state index contributed by atoms with van der Waals surface area (Å²) in [6, 6.07) is 6.82. The third kappa shape index (κ3) is 5.62. The molecular formula is C24H30N6O4S. The Morgan fingerprint density at radius 3 is 2.77 bits per heavy atom. The van der Waals surface area contributed by atoms with E-state index in [1.165, 1.54) is 16.1 Å². The highest BCUT2D eigenvalue weighted by molar-refractivity contribution is 7.10. The van der Waals surface area contributed by atoms with E-state index in [-0.39, 0.29) is 30.5 Å². The van der Waals surface area contributed by atoms with Gasteiger partial charge in [0.25, 0.3) is 0 Å². The maximum atomic E-state index is 13.7. The molecule has 2 fully saturated rings.